The number of aromatic nitrogens is 3. The van der Waals surface area contributed by atoms with E-state index in [-0.39, 0.29) is 18.2 Å². The van der Waals surface area contributed by atoms with Crippen molar-refractivity contribution in [1.29, 1.82) is 0 Å². The minimum absolute atomic E-state index is 0.197. The standard InChI is InChI=1S/C18H17BrN4O3/c1-25-11-16-17(18(24)20-13-5-3-12(19)4-6-13)21-22-23(16)14-7-9-15(26-2)10-8-14/h3-10H,11H2,1-2H3,(H,20,24). The van der Waals surface area contributed by atoms with E-state index in [9.17, 15) is 4.79 Å². The van der Waals surface area contributed by atoms with Crippen molar-refractivity contribution in [3.63, 3.8) is 0 Å². The number of carbonyl (C=O) groups is 1. The third-order valence-electron chi connectivity index (χ3n) is 3.68. The Hall–Kier alpha value is -2.71. The van der Waals surface area contributed by atoms with Crippen LogP contribution in [0.4, 0.5) is 5.69 Å². The first kappa shape index (κ1) is 18.1. The lowest BCUT2D eigenvalue weighted by molar-refractivity contribution is 0.101. The van der Waals surface area contributed by atoms with Gasteiger partial charge in [0, 0.05) is 17.3 Å². The van der Waals surface area contributed by atoms with E-state index < -0.39 is 0 Å². The molecule has 0 bridgehead atoms. The molecule has 0 saturated heterocycles. The largest absolute Gasteiger partial charge is 0.497 e. The summed E-state index contributed by atoms with van der Waals surface area (Å²) in [5.74, 6) is 0.384. The van der Waals surface area contributed by atoms with E-state index in [1.807, 2.05) is 36.4 Å². The number of methoxy groups -OCH3 is 2. The lowest BCUT2D eigenvalue weighted by Crippen LogP contribution is -2.16. The number of hydrogen-bond donors (Lipinski definition) is 1. The third kappa shape index (κ3) is 3.92. The monoisotopic (exact) mass is 416 g/mol. The van der Waals surface area contributed by atoms with Gasteiger partial charge in [0.1, 0.15) is 11.4 Å². The van der Waals surface area contributed by atoms with Gasteiger partial charge in [0.05, 0.1) is 19.4 Å². The van der Waals surface area contributed by atoms with Crippen LogP contribution >= 0.6 is 15.9 Å². The molecule has 1 N–H and O–H groups in total. The highest BCUT2D eigenvalue weighted by molar-refractivity contribution is 9.10. The Kier molecular flexibility index (Phi) is 5.65. The van der Waals surface area contributed by atoms with E-state index in [2.05, 4.69) is 31.6 Å². The predicted molar refractivity (Wildman–Crippen MR) is 101 cm³/mol. The van der Waals surface area contributed by atoms with Crippen LogP contribution in [0.5, 0.6) is 5.75 Å². The number of carbonyl (C=O) groups excluding carboxylic acids is 1. The molecule has 0 saturated carbocycles. The molecule has 26 heavy (non-hydrogen) atoms. The van der Waals surface area contributed by atoms with Gasteiger partial charge in [0.2, 0.25) is 0 Å². The number of benzene rings is 2. The third-order valence-corrected chi connectivity index (χ3v) is 4.21. The lowest BCUT2D eigenvalue weighted by Gasteiger charge is -2.08. The molecule has 8 heteroatoms. The van der Waals surface area contributed by atoms with Gasteiger partial charge in [-0.25, -0.2) is 4.68 Å². The first-order valence-corrected chi connectivity index (χ1v) is 8.56. The molecular weight excluding hydrogens is 400 g/mol. The van der Waals surface area contributed by atoms with Crippen LogP contribution in [0.1, 0.15) is 16.2 Å². The van der Waals surface area contributed by atoms with Crippen LogP contribution in [0.2, 0.25) is 0 Å². The average molecular weight is 417 g/mol. The molecular formula is C18H17BrN4O3. The quantitative estimate of drug-likeness (QED) is 0.665. The van der Waals surface area contributed by atoms with Crippen molar-refractivity contribution in [1.82, 2.24) is 15.0 Å². The minimum atomic E-state index is -0.348. The van der Waals surface area contributed by atoms with Crippen LogP contribution in [0.25, 0.3) is 5.69 Å². The summed E-state index contributed by atoms with van der Waals surface area (Å²) < 4.78 is 12.9. The van der Waals surface area contributed by atoms with Gasteiger partial charge in [-0.3, -0.25) is 4.79 Å². The molecule has 7 nitrogen and oxygen atoms in total. The van der Waals surface area contributed by atoms with E-state index >= 15 is 0 Å². The number of hydrogen-bond acceptors (Lipinski definition) is 5. The number of nitrogens with zero attached hydrogens (tertiary/aromatic N) is 3. The summed E-state index contributed by atoms with van der Waals surface area (Å²) in [5.41, 5.74) is 2.20. The second-order valence-corrected chi connectivity index (χ2v) is 6.30. The Morgan fingerprint density at radius 2 is 1.81 bits per heavy atom. The van der Waals surface area contributed by atoms with Gasteiger partial charge in [-0.1, -0.05) is 21.1 Å². The molecule has 0 atom stereocenters. The number of rotatable bonds is 6. The van der Waals surface area contributed by atoms with Crippen molar-refractivity contribution in [3.8, 4) is 11.4 Å². The summed E-state index contributed by atoms with van der Waals surface area (Å²) >= 11 is 3.36. The van der Waals surface area contributed by atoms with Crippen LogP contribution in [-0.4, -0.2) is 35.1 Å². The number of nitrogens with one attached hydrogen (secondary N) is 1. The van der Waals surface area contributed by atoms with Gasteiger partial charge in [-0.05, 0) is 48.5 Å². The number of halogens is 1. The first-order chi connectivity index (χ1) is 12.6. The molecule has 0 radical (unpaired) electrons. The van der Waals surface area contributed by atoms with Crippen LogP contribution in [-0.2, 0) is 11.3 Å². The Labute approximate surface area is 159 Å². The normalized spacial score (nSPS) is 10.6. The van der Waals surface area contributed by atoms with Gasteiger partial charge in [0.25, 0.3) is 5.91 Å². The van der Waals surface area contributed by atoms with Gasteiger partial charge < -0.3 is 14.8 Å². The average Bonchev–Trinajstić information content (AvgIpc) is 3.08. The smallest absolute Gasteiger partial charge is 0.278 e. The highest BCUT2D eigenvalue weighted by Crippen LogP contribution is 2.19. The van der Waals surface area contributed by atoms with Crippen molar-refractivity contribution in [2.24, 2.45) is 0 Å². The molecule has 0 fully saturated rings. The zero-order valence-corrected chi connectivity index (χ0v) is 15.9. The lowest BCUT2D eigenvalue weighted by atomic mass is 10.2. The second-order valence-electron chi connectivity index (χ2n) is 5.39. The van der Waals surface area contributed by atoms with Crippen LogP contribution in [0.15, 0.2) is 53.0 Å². The maximum Gasteiger partial charge on any atom is 0.278 e. The van der Waals surface area contributed by atoms with Crippen molar-refractivity contribution >= 4 is 27.5 Å². The predicted octanol–water partition coefficient (Wildman–Crippen LogP) is 3.44. The highest BCUT2D eigenvalue weighted by atomic mass is 79.9. The van der Waals surface area contributed by atoms with E-state index in [1.54, 1.807) is 31.0 Å². The molecule has 0 aliphatic heterocycles. The van der Waals surface area contributed by atoms with Crippen LogP contribution in [0, 0.1) is 0 Å². The van der Waals surface area contributed by atoms with Gasteiger partial charge >= 0.3 is 0 Å². The molecule has 0 aliphatic rings. The van der Waals surface area contributed by atoms with Crippen molar-refractivity contribution in [2.75, 3.05) is 19.5 Å². The molecule has 3 rings (SSSR count). The molecule has 3 aromatic rings. The van der Waals surface area contributed by atoms with Crippen LogP contribution < -0.4 is 10.1 Å². The molecule has 1 heterocycles. The van der Waals surface area contributed by atoms with Crippen molar-refractivity contribution in [2.45, 2.75) is 6.61 Å². The van der Waals surface area contributed by atoms with Gasteiger partial charge in [-0.15, -0.1) is 5.10 Å². The summed E-state index contributed by atoms with van der Waals surface area (Å²) in [5, 5.41) is 11.0. The number of ether oxygens (including phenoxy) is 2. The molecule has 2 aromatic carbocycles. The van der Waals surface area contributed by atoms with Crippen LogP contribution in [0.3, 0.4) is 0 Å². The fourth-order valence-electron chi connectivity index (χ4n) is 2.40. The van der Waals surface area contributed by atoms with Gasteiger partial charge in [0.15, 0.2) is 5.69 Å². The Balaban J connectivity index is 1.90. The first-order valence-electron chi connectivity index (χ1n) is 7.77. The highest BCUT2D eigenvalue weighted by Gasteiger charge is 2.20. The van der Waals surface area contributed by atoms with E-state index in [0.29, 0.717) is 11.4 Å². The minimum Gasteiger partial charge on any atom is -0.497 e. The number of amides is 1. The molecule has 134 valence electrons. The van der Waals surface area contributed by atoms with Crippen molar-refractivity contribution in [3.05, 3.63) is 64.4 Å². The summed E-state index contributed by atoms with van der Waals surface area (Å²) in [6, 6.07) is 14.6. The fourth-order valence-corrected chi connectivity index (χ4v) is 2.66. The molecule has 1 amide bonds. The Morgan fingerprint density at radius 3 is 2.42 bits per heavy atom. The second kappa shape index (κ2) is 8.11. The fraction of sp³-hybridized carbons (Fsp3) is 0.167. The molecule has 1 aromatic heterocycles. The SMILES string of the molecule is COCc1c(C(=O)Nc2ccc(Br)cc2)nnn1-c1ccc(OC)cc1. The molecule has 0 aliphatic carbocycles. The summed E-state index contributed by atoms with van der Waals surface area (Å²) in [6.45, 7) is 0.197. The number of anilines is 1. The van der Waals surface area contributed by atoms with E-state index in [4.69, 9.17) is 9.47 Å². The topological polar surface area (TPSA) is 78.3 Å². The van der Waals surface area contributed by atoms with Crippen molar-refractivity contribution < 1.29 is 14.3 Å². The Morgan fingerprint density at radius 1 is 1.12 bits per heavy atom. The van der Waals surface area contributed by atoms with Gasteiger partial charge in [-0.2, -0.15) is 0 Å². The maximum atomic E-state index is 12.6. The molecule has 0 unspecified atom stereocenters. The molecule has 0 spiro atoms. The zero-order valence-electron chi connectivity index (χ0n) is 14.3. The summed E-state index contributed by atoms with van der Waals surface area (Å²) in [4.78, 5) is 12.6. The Bertz CT molecular complexity index is 892. The van der Waals surface area contributed by atoms with E-state index in [0.717, 1.165) is 15.9 Å². The van der Waals surface area contributed by atoms with E-state index in [1.165, 1.54) is 0 Å². The summed E-state index contributed by atoms with van der Waals surface area (Å²) in [7, 11) is 3.16. The summed E-state index contributed by atoms with van der Waals surface area (Å²) in [6.07, 6.45) is 0. The zero-order chi connectivity index (χ0) is 18.5. The maximum absolute atomic E-state index is 12.6.